The Morgan fingerprint density at radius 3 is 2.96 bits per heavy atom. The SMILES string of the molecule is CSc1nccc(OCCC2CCCN(C(=O)OC(C)(C)C)C2)n1. The quantitative estimate of drug-likeness (QED) is 0.595. The Balaban J connectivity index is 1.77. The molecule has 0 N–H and O–H groups in total. The Kier molecular flexibility index (Phi) is 6.71. The van der Waals surface area contributed by atoms with Gasteiger partial charge in [-0.1, -0.05) is 11.8 Å². The molecule has 2 rings (SSSR count). The maximum absolute atomic E-state index is 12.2. The zero-order chi connectivity index (χ0) is 17.6. The minimum absolute atomic E-state index is 0.214. The lowest BCUT2D eigenvalue weighted by atomic mass is 9.95. The monoisotopic (exact) mass is 353 g/mol. The number of rotatable bonds is 5. The van der Waals surface area contributed by atoms with Crippen LogP contribution in [-0.2, 0) is 4.74 Å². The predicted molar refractivity (Wildman–Crippen MR) is 94.5 cm³/mol. The highest BCUT2D eigenvalue weighted by Gasteiger charge is 2.27. The third kappa shape index (κ3) is 6.19. The molecule has 6 nitrogen and oxygen atoms in total. The fourth-order valence-corrected chi connectivity index (χ4v) is 2.97. The third-order valence-electron chi connectivity index (χ3n) is 3.74. The molecule has 0 bridgehead atoms. The molecule has 2 heterocycles. The highest BCUT2D eigenvalue weighted by atomic mass is 32.2. The molecular weight excluding hydrogens is 326 g/mol. The average molecular weight is 353 g/mol. The van der Waals surface area contributed by atoms with Crippen LogP contribution in [0.5, 0.6) is 5.88 Å². The lowest BCUT2D eigenvalue weighted by Gasteiger charge is -2.34. The molecule has 1 aliphatic heterocycles. The topological polar surface area (TPSA) is 64.5 Å². The molecule has 1 aliphatic rings. The summed E-state index contributed by atoms with van der Waals surface area (Å²) in [5.41, 5.74) is -0.449. The van der Waals surface area contributed by atoms with Crippen LogP contribution in [0.1, 0.15) is 40.0 Å². The second-order valence-corrected chi connectivity index (χ2v) is 7.73. The molecule has 1 aromatic heterocycles. The van der Waals surface area contributed by atoms with E-state index in [4.69, 9.17) is 9.47 Å². The summed E-state index contributed by atoms with van der Waals surface area (Å²) in [5.74, 6) is 1.04. The van der Waals surface area contributed by atoms with Crippen molar-refractivity contribution in [3.05, 3.63) is 12.3 Å². The van der Waals surface area contributed by atoms with E-state index in [-0.39, 0.29) is 6.09 Å². The maximum atomic E-state index is 12.2. The van der Waals surface area contributed by atoms with Crippen LogP contribution >= 0.6 is 11.8 Å². The van der Waals surface area contributed by atoms with E-state index in [1.807, 2.05) is 31.9 Å². The maximum Gasteiger partial charge on any atom is 0.410 e. The van der Waals surface area contributed by atoms with Crippen LogP contribution in [0.4, 0.5) is 4.79 Å². The van der Waals surface area contributed by atoms with Crippen LogP contribution in [0.2, 0.25) is 0 Å². The minimum Gasteiger partial charge on any atom is -0.478 e. The third-order valence-corrected chi connectivity index (χ3v) is 4.30. The highest BCUT2D eigenvalue weighted by molar-refractivity contribution is 7.98. The Morgan fingerprint density at radius 2 is 2.25 bits per heavy atom. The first-order valence-electron chi connectivity index (χ1n) is 8.35. The van der Waals surface area contributed by atoms with Gasteiger partial charge in [-0.25, -0.2) is 9.78 Å². The molecule has 1 saturated heterocycles. The van der Waals surface area contributed by atoms with Gasteiger partial charge in [0.2, 0.25) is 5.88 Å². The van der Waals surface area contributed by atoms with E-state index in [9.17, 15) is 4.79 Å². The number of carbonyl (C=O) groups is 1. The van der Waals surface area contributed by atoms with Crippen molar-refractivity contribution >= 4 is 17.9 Å². The summed E-state index contributed by atoms with van der Waals surface area (Å²) in [6, 6.07) is 1.77. The predicted octanol–water partition coefficient (Wildman–Crippen LogP) is 3.61. The van der Waals surface area contributed by atoms with E-state index in [1.54, 1.807) is 12.3 Å². The molecule has 0 spiro atoms. The van der Waals surface area contributed by atoms with E-state index in [2.05, 4.69) is 9.97 Å². The van der Waals surface area contributed by atoms with Crippen LogP contribution in [0.25, 0.3) is 0 Å². The largest absolute Gasteiger partial charge is 0.478 e. The van der Waals surface area contributed by atoms with Gasteiger partial charge in [0.15, 0.2) is 5.16 Å². The van der Waals surface area contributed by atoms with Gasteiger partial charge in [-0.3, -0.25) is 0 Å². The Bertz CT molecular complexity index is 548. The zero-order valence-electron chi connectivity index (χ0n) is 14.9. The summed E-state index contributed by atoms with van der Waals surface area (Å²) in [6.45, 7) is 7.78. The van der Waals surface area contributed by atoms with Gasteiger partial charge >= 0.3 is 6.09 Å². The summed E-state index contributed by atoms with van der Waals surface area (Å²) in [6.07, 6.45) is 6.45. The standard InChI is InChI=1S/C17H27N3O3S/c1-17(2,3)23-16(21)20-10-5-6-13(12-20)8-11-22-14-7-9-18-15(19-14)24-4/h7,9,13H,5-6,8,10-12H2,1-4H3. The first kappa shape index (κ1) is 18.8. The molecule has 1 aromatic rings. The van der Waals surface area contributed by atoms with Crippen LogP contribution in [0, 0.1) is 5.92 Å². The summed E-state index contributed by atoms with van der Waals surface area (Å²) >= 11 is 1.49. The second-order valence-electron chi connectivity index (χ2n) is 6.95. The van der Waals surface area contributed by atoms with Crippen LogP contribution in [-0.4, -0.2) is 52.5 Å². The van der Waals surface area contributed by atoms with Gasteiger partial charge < -0.3 is 14.4 Å². The van der Waals surface area contributed by atoms with E-state index < -0.39 is 5.60 Å². The van der Waals surface area contributed by atoms with Gasteiger partial charge in [0.1, 0.15) is 5.60 Å². The molecule has 1 atom stereocenters. The summed E-state index contributed by atoms with van der Waals surface area (Å²) < 4.78 is 11.2. The number of likely N-dealkylation sites (tertiary alicyclic amines) is 1. The highest BCUT2D eigenvalue weighted by Crippen LogP contribution is 2.22. The number of aromatic nitrogens is 2. The van der Waals surface area contributed by atoms with E-state index in [1.165, 1.54) is 11.8 Å². The van der Waals surface area contributed by atoms with Crippen molar-refractivity contribution in [2.45, 2.75) is 50.8 Å². The fraction of sp³-hybridized carbons (Fsp3) is 0.706. The van der Waals surface area contributed by atoms with Crippen molar-refractivity contribution in [2.75, 3.05) is 26.0 Å². The van der Waals surface area contributed by atoms with Crippen LogP contribution in [0.3, 0.4) is 0 Å². The molecule has 0 saturated carbocycles. The average Bonchev–Trinajstić information content (AvgIpc) is 2.54. The summed E-state index contributed by atoms with van der Waals surface area (Å²) in [5, 5.41) is 0.710. The van der Waals surface area contributed by atoms with E-state index in [0.717, 1.165) is 32.4 Å². The van der Waals surface area contributed by atoms with Crippen LogP contribution in [0.15, 0.2) is 17.4 Å². The first-order valence-corrected chi connectivity index (χ1v) is 9.57. The van der Waals surface area contributed by atoms with Gasteiger partial charge in [0, 0.05) is 25.4 Å². The van der Waals surface area contributed by atoms with Crippen molar-refractivity contribution in [1.29, 1.82) is 0 Å². The van der Waals surface area contributed by atoms with E-state index >= 15 is 0 Å². The van der Waals surface area contributed by atoms with Crippen molar-refractivity contribution in [1.82, 2.24) is 14.9 Å². The van der Waals surface area contributed by atoms with Crippen molar-refractivity contribution in [2.24, 2.45) is 5.92 Å². The van der Waals surface area contributed by atoms with Gasteiger partial charge in [-0.05, 0) is 52.2 Å². The molecule has 24 heavy (non-hydrogen) atoms. The smallest absolute Gasteiger partial charge is 0.410 e. The number of ether oxygens (including phenoxy) is 2. The molecule has 1 amide bonds. The van der Waals surface area contributed by atoms with Crippen molar-refractivity contribution in [3.8, 4) is 5.88 Å². The molecule has 1 unspecified atom stereocenters. The Hall–Kier alpha value is -1.50. The Labute approximate surface area is 148 Å². The van der Waals surface area contributed by atoms with Gasteiger partial charge in [-0.15, -0.1) is 0 Å². The molecule has 0 radical (unpaired) electrons. The number of hydrogen-bond acceptors (Lipinski definition) is 6. The number of piperidine rings is 1. The molecule has 134 valence electrons. The first-order chi connectivity index (χ1) is 11.4. The molecule has 7 heteroatoms. The fourth-order valence-electron chi connectivity index (χ4n) is 2.63. The van der Waals surface area contributed by atoms with Gasteiger partial charge in [0.25, 0.3) is 0 Å². The summed E-state index contributed by atoms with van der Waals surface area (Å²) in [7, 11) is 0. The number of thioether (sulfide) groups is 1. The lowest BCUT2D eigenvalue weighted by Crippen LogP contribution is -2.43. The van der Waals surface area contributed by atoms with Crippen molar-refractivity contribution in [3.63, 3.8) is 0 Å². The normalized spacial score (nSPS) is 18.3. The number of carbonyl (C=O) groups excluding carboxylic acids is 1. The molecule has 0 aliphatic carbocycles. The van der Waals surface area contributed by atoms with Gasteiger partial charge in [0.05, 0.1) is 6.61 Å². The van der Waals surface area contributed by atoms with E-state index in [0.29, 0.717) is 23.6 Å². The Morgan fingerprint density at radius 1 is 1.46 bits per heavy atom. The minimum atomic E-state index is -0.449. The molecule has 1 fully saturated rings. The number of amides is 1. The summed E-state index contributed by atoms with van der Waals surface area (Å²) in [4.78, 5) is 22.4. The number of hydrogen-bond donors (Lipinski definition) is 0. The molecular formula is C17H27N3O3S. The van der Waals surface area contributed by atoms with Crippen LogP contribution < -0.4 is 4.74 Å². The number of nitrogens with zero attached hydrogens (tertiary/aromatic N) is 3. The van der Waals surface area contributed by atoms with Crippen molar-refractivity contribution < 1.29 is 14.3 Å². The zero-order valence-corrected chi connectivity index (χ0v) is 15.8. The molecule has 0 aromatic carbocycles. The van der Waals surface area contributed by atoms with Gasteiger partial charge in [-0.2, -0.15) is 4.98 Å². The lowest BCUT2D eigenvalue weighted by molar-refractivity contribution is 0.0154. The second kappa shape index (κ2) is 8.55.